The molecule has 0 bridgehead atoms. The summed E-state index contributed by atoms with van der Waals surface area (Å²) in [4.78, 5) is 10.3. The van der Waals surface area contributed by atoms with E-state index in [0.29, 0.717) is 12.0 Å². The molecular weight excluding hydrogens is 475 g/mol. The number of likely N-dealkylation sites (tertiary alicyclic amines) is 2. The number of aryl methyl sites for hydroxylation is 1. The van der Waals surface area contributed by atoms with Crippen molar-refractivity contribution in [3.8, 4) is 0 Å². The Kier molecular flexibility index (Phi) is 10.2. The number of aliphatic imine (C=N–C) groups is 1. The summed E-state index contributed by atoms with van der Waals surface area (Å²) >= 11 is 0. The van der Waals surface area contributed by atoms with Gasteiger partial charge in [-0.15, -0.1) is 24.0 Å². The maximum atomic E-state index is 5.16. The number of nitrogens with zero attached hydrogens (tertiary/aromatic N) is 5. The normalized spacial score (nSPS) is 21.6. The van der Waals surface area contributed by atoms with Crippen molar-refractivity contribution in [2.45, 2.75) is 64.8 Å². The van der Waals surface area contributed by atoms with Gasteiger partial charge >= 0.3 is 0 Å². The molecule has 0 radical (unpaired) electrons. The van der Waals surface area contributed by atoms with Crippen LogP contribution in [0, 0.1) is 5.92 Å². The van der Waals surface area contributed by atoms with Gasteiger partial charge in [0.1, 0.15) is 0 Å². The molecule has 0 aromatic carbocycles. The van der Waals surface area contributed by atoms with E-state index in [-0.39, 0.29) is 24.0 Å². The molecule has 7 heteroatoms. The standard InChI is InChI=1S/C22H40N6.HI/c1-5-18(6-2)21(27-11-8-9-12-27)15-24-22(23-7-3)28-13-10-19(17-28)20-14-25-26(4)16-20;/h14,16,18-19,21H,5-13,15,17H2,1-4H3,(H,23,24);1H. The first kappa shape index (κ1) is 24.4. The molecule has 166 valence electrons. The molecule has 0 aliphatic carbocycles. The average Bonchev–Trinajstić information content (AvgIpc) is 3.45. The fourth-order valence-corrected chi connectivity index (χ4v) is 4.95. The van der Waals surface area contributed by atoms with E-state index >= 15 is 0 Å². The Balaban J connectivity index is 0.00000300. The molecule has 2 aliphatic rings. The highest BCUT2D eigenvalue weighted by atomic mass is 127. The summed E-state index contributed by atoms with van der Waals surface area (Å²) in [6.45, 7) is 13.3. The van der Waals surface area contributed by atoms with Crippen LogP contribution in [0.25, 0.3) is 0 Å². The lowest BCUT2D eigenvalue weighted by atomic mass is 9.93. The van der Waals surface area contributed by atoms with Crippen LogP contribution in [-0.4, -0.2) is 70.9 Å². The molecule has 1 aromatic heterocycles. The number of guanidine groups is 1. The number of rotatable bonds is 8. The SMILES string of the molecule is CCNC(=NCC(C(CC)CC)N1CCCC1)N1CCC(c2cnn(C)c2)C1.I. The molecule has 29 heavy (non-hydrogen) atoms. The van der Waals surface area contributed by atoms with Crippen molar-refractivity contribution in [1.82, 2.24) is 24.9 Å². The lowest BCUT2D eigenvalue weighted by Gasteiger charge is -2.33. The largest absolute Gasteiger partial charge is 0.357 e. The van der Waals surface area contributed by atoms with Crippen LogP contribution in [0.1, 0.15) is 64.4 Å². The van der Waals surface area contributed by atoms with Gasteiger partial charge in [0, 0.05) is 44.8 Å². The summed E-state index contributed by atoms with van der Waals surface area (Å²) < 4.78 is 1.91. The summed E-state index contributed by atoms with van der Waals surface area (Å²) in [6.07, 6.45) is 10.5. The van der Waals surface area contributed by atoms with Gasteiger partial charge in [-0.3, -0.25) is 14.6 Å². The number of hydrogen-bond acceptors (Lipinski definition) is 3. The molecule has 3 heterocycles. The first-order valence-electron chi connectivity index (χ1n) is 11.4. The van der Waals surface area contributed by atoms with Crippen LogP contribution in [0.2, 0.25) is 0 Å². The third kappa shape index (κ3) is 6.32. The van der Waals surface area contributed by atoms with Crippen molar-refractivity contribution >= 4 is 29.9 Å². The maximum Gasteiger partial charge on any atom is 0.193 e. The average molecular weight is 517 g/mol. The van der Waals surface area contributed by atoms with E-state index < -0.39 is 0 Å². The second kappa shape index (κ2) is 12.1. The minimum atomic E-state index is 0. The van der Waals surface area contributed by atoms with E-state index in [0.717, 1.165) is 38.1 Å². The van der Waals surface area contributed by atoms with Crippen LogP contribution in [0.15, 0.2) is 17.4 Å². The van der Waals surface area contributed by atoms with Crippen LogP contribution in [-0.2, 0) is 7.05 Å². The van der Waals surface area contributed by atoms with Crippen LogP contribution < -0.4 is 5.32 Å². The lowest BCUT2D eigenvalue weighted by molar-refractivity contribution is 0.171. The molecule has 0 spiro atoms. The number of aromatic nitrogens is 2. The fraction of sp³-hybridized carbons (Fsp3) is 0.818. The van der Waals surface area contributed by atoms with Gasteiger partial charge in [-0.2, -0.15) is 5.10 Å². The number of hydrogen-bond donors (Lipinski definition) is 1. The van der Waals surface area contributed by atoms with Crippen molar-refractivity contribution in [2.75, 3.05) is 39.3 Å². The highest BCUT2D eigenvalue weighted by Crippen LogP contribution is 2.27. The Bertz CT molecular complexity index is 619. The van der Waals surface area contributed by atoms with Crippen LogP contribution in [0.3, 0.4) is 0 Å². The minimum absolute atomic E-state index is 0. The molecule has 2 unspecified atom stereocenters. The van der Waals surface area contributed by atoms with Gasteiger partial charge in [0.05, 0.1) is 12.7 Å². The zero-order chi connectivity index (χ0) is 19.9. The van der Waals surface area contributed by atoms with Gasteiger partial charge in [-0.1, -0.05) is 26.7 Å². The van der Waals surface area contributed by atoms with Crippen molar-refractivity contribution in [3.05, 3.63) is 18.0 Å². The fourth-order valence-electron chi connectivity index (χ4n) is 4.95. The topological polar surface area (TPSA) is 48.7 Å². The van der Waals surface area contributed by atoms with Crippen LogP contribution >= 0.6 is 24.0 Å². The van der Waals surface area contributed by atoms with E-state index in [1.165, 1.54) is 50.8 Å². The molecule has 2 fully saturated rings. The van der Waals surface area contributed by atoms with Crippen molar-refractivity contribution < 1.29 is 0 Å². The Morgan fingerprint density at radius 2 is 1.93 bits per heavy atom. The van der Waals surface area contributed by atoms with E-state index in [9.17, 15) is 0 Å². The second-order valence-electron chi connectivity index (χ2n) is 8.46. The number of nitrogens with one attached hydrogen (secondary N) is 1. The highest BCUT2D eigenvalue weighted by molar-refractivity contribution is 14.0. The van der Waals surface area contributed by atoms with Gasteiger partial charge in [0.2, 0.25) is 0 Å². The van der Waals surface area contributed by atoms with E-state index in [2.05, 4.69) is 47.2 Å². The molecule has 0 saturated carbocycles. The zero-order valence-electron chi connectivity index (χ0n) is 18.8. The Morgan fingerprint density at radius 3 is 2.52 bits per heavy atom. The zero-order valence-corrected chi connectivity index (χ0v) is 21.1. The Morgan fingerprint density at radius 1 is 1.21 bits per heavy atom. The Labute approximate surface area is 194 Å². The van der Waals surface area contributed by atoms with Crippen molar-refractivity contribution in [2.24, 2.45) is 18.0 Å². The highest BCUT2D eigenvalue weighted by Gasteiger charge is 2.29. The lowest BCUT2D eigenvalue weighted by Crippen LogP contribution is -2.44. The van der Waals surface area contributed by atoms with Crippen molar-refractivity contribution in [3.63, 3.8) is 0 Å². The predicted molar refractivity (Wildman–Crippen MR) is 132 cm³/mol. The summed E-state index contributed by atoms with van der Waals surface area (Å²) in [5.74, 6) is 2.40. The molecular formula is C22H41IN6. The second-order valence-corrected chi connectivity index (χ2v) is 8.46. The Hall–Kier alpha value is -0.830. The molecule has 0 amide bonds. The summed E-state index contributed by atoms with van der Waals surface area (Å²) in [5, 5.41) is 7.92. The molecule has 6 nitrogen and oxygen atoms in total. The van der Waals surface area contributed by atoms with Crippen molar-refractivity contribution in [1.29, 1.82) is 0 Å². The third-order valence-electron chi connectivity index (χ3n) is 6.65. The van der Waals surface area contributed by atoms with E-state index in [4.69, 9.17) is 4.99 Å². The van der Waals surface area contributed by atoms with Gasteiger partial charge in [0.15, 0.2) is 5.96 Å². The predicted octanol–water partition coefficient (Wildman–Crippen LogP) is 3.69. The first-order valence-corrected chi connectivity index (χ1v) is 11.4. The molecule has 3 rings (SSSR count). The van der Waals surface area contributed by atoms with E-state index in [1.807, 2.05) is 17.9 Å². The molecule has 1 aromatic rings. The smallest absolute Gasteiger partial charge is 0.193 e. The van der Waals surface area contributed by atoms with Gasteiger partial charge in [-0.25, -0.2) is 0 Å². The molecule has 1 N–H and O–H groups in total. The summed E-state index contributed by atoms with van der Waals surface area (Å²) in [5.41, 5.74) is 1.35. The monoisotopic (exact) mass is 516 g/mol. The van der Waals surface area contributed by atoms with Gasteiger partial charge in [-0.05, 0) is 50.8 Å². The first-order chi connectivity index (χ1) is 13.7. The molecule has 2 aliphatic heterocycles. The third-order valence-corrected chi connectivity index (χ3v) is 6.65. The van der Waals surface area contributed by atoms with Gasteiger partial charge < -0.3 is 10.2 Å². The van der Waals surface area contributed by atoms with Gasteiger partial charge in [0.25, 0.3) is 0 Å². The van der Waals surface area contributed by atoms with Crippen LogP contribution in [0.4, 0.5) is 0 Å². The minimum Gasteiger partial charge on any atom is -0.357 e. The molecule has 2 atom stereocenters. The summed E-state index contributed by atoms with van der Waals surface area (Å²) in [7, 11) is 2.00. The quantitative estimate of drug-likeness (QED) is 0.325. The molecule has 2 saturated heterocycles. The maximum absolute atomic E-state index is 5.16. The summed E-state index contributed by atoms with van der Waals surface area (Å²) in [6, 6.07) is 0.586. The number of halogens is 1. The van der Waals surface area contributed by atoms with E-state index in [1.54, 1.807) is 0 Å². The van der Waals surface area contributed by atoms with Crippen LogP contribution in [0.5, 0.6) is 0 Å².